The van der Waals surface area contributed by atoms with Crippen LogP contribution < -0.4 is 5.73 Å². The summed E-state index contributed by atoms with van der Waals surface area (Å²) in [5.41, 5.74) is 7.25. The van der Waals surface area contributed by atoms with Crippen LogP contribution in [0.4, 0.5) is 0 Å². The molecule has 0 spiro atoms. The van der Waals surface area contributed by atoms with Crippen LogP contribution in [-0.4, -0.2) is 19.8 Å². The van der Waals surface area contributed by atoms with Gasteiger partial charge in [0.25, 0.3) is 0 Å². The van der Waals surface area contributed by atoms with Crippen LogP contribution in [0.5, 0.6) is 0 Å². The number of hydrogen-bond acceptors (Lipinski definition) is 3. The van der Waals surface area contributed by atoms with Crippen molar-refractivity contribution < 1.29 is 9.47 Å². The molecule has 1 heterocycles. The minimum atomic E-state index is -0.270. The summed E-state index contributed by atoms with van der Waals surface area (Å²) in [6.45, 7) is 1.65. The molecular weight excluding hydrogens is 190 g/mol. The Balaban J connectivity index is 2.28. The molecule has 0 aromatic heterocycles. The van der Waals surface area contributed by atoms with E-state index in [1.165, 1.54) is 0 Å². The van der Waals surface area contributed by atoms with Crippen molar-refractivity contribution in [2.24, 2.45) is 5.73 Å². The van der Waals surface area contributed by atoms with Gasteiger partial charge in [-0.3, -0.25) is 0 Å². The molecule has 0 atom stereocenters. The van der Waals surface area contributed by atoms with E-state index in [-0.39, 0.29) is 6.29 Å². The van der Waals surface area contributed by atoms with Crippen molar-refractivity contribution in [1.82, 2.24) is 0 Å². The van der Waals surface area contributed by atoms with Crippen molar-refractivity contribution in [3.8, 4) is 11.8 Å². The molecule has 0 radical (unpaired) electrons. The summed E-state index contributed by atoms with van der Waals surface area (Å²) in [5, 5.41) is 0. The molecule has 1 saturated heterocycles. The average molecular weight is 203 g/mol. The number of hydrogen-bond donors (Lipinski definition) is 1. The Kier molecular flexibility index (Phi) is 3.36. The molecule has 0 saturated carbocycles. The molecule has 3 heteroatoms. The highest BCUT2D eigenvalue weighted by Crippen LogP contribution is 2.25. The Hall–Kier alpha value is -1.34. The lowest BCUT2D eigenvalue weighted by atomic mass is 10.1. The van der Waals surface area contributed by atoms with Crippen LogP contribution in [0.15, 0.2) is 24.3 Å². The number of ether oxygens (including phenoxy) is 2. The van der Waals surface area contributed by atoms with E-state index in [1.54, 1.807) is 0 Å². The third-order valence-corrected chi connectivity index (χ3v) is 2.16. The van der Waals surface area contributed by atoms with E-state index >= 15 is 0 Å². The molecule has 1 fully saturated rings. The second-order valence-corrected chi connectivity index (χ2v) is 3.17. The molecule has 1 aromatic carbocycles. The Morgan fingerprint density at radius 1 is 1.27 bits per heavy atom. The Morgan fingerprint density at radius 3 is 2.73 bits per heavy atom. The predicted octanol–water partition coefficient (Wildman–Crippen LogP) is 1.04. The van der Waals surface area contributed by atoms with Gasteiger partial charge in [0.2, 0.25) is 0 Å². The third-order valence-electron chi connectivity index (χ3n) is 2.16. The van der Waals surface area contributed by atoms with Crippen molar-refractivity contribution >= 4 is 0 Å². The molecule has 0 unspecified atom stereocenters. The summed E-state index contributed by atoms with van der Waals surface area (Å²) < 4.78 is 10.9. The highest BCUT2D eigenvalue weighted by Gasteiger charge is 2.20. The average Bonchev–Trinajstić information content (AvgIpc) is 2.80. The maximum atomic E-state index is 5.44. The van der Waals surface area contributed by atoms with Gasteiger partial charge in [0, 0.05) is 11.1 Å². The van der Waals surface area contributed by atoms with Gasteiger partial charge in [-0.2, -0.15) is 0 Å². The Morgan fingerprint density at radius 2 is 2.00 bits per heavy atom. The highest BCUT2D eigenvalue weighted by molar-refractivity contribution is 5.42. The van der Waals surface area contributed by atoms with E-state index in [0.29, 0.717) is 19.8 Å². The summed E-state index contributed by atoms with van der Waals surface area (Å²) in [4.78, 5) is 0. The quantitative estimate of drug-likeness (QED) is 0.694. The first kappa shape index (κ1) is 10.2. The second kappa shape index (κ2) is 4.94. The fourth-order valence-electron chi connectivity index (χ4n) is 1.50. The van der Waals surface area contributed by atoms with Gasteiger partial charge in [-0.15, -0.1) is 0 Å². The number of rotatable bonds is 1. The third kappa shape index (κ3) is 2.37. The largest absolute Gasteiger partial charge is 0.346 e. The van der Waals surface area contributed by atoms with Gasteiger partial charge in [0.05, 0.1) is 19.8 Å². The number of benzene rings is 1. The summed E-state index contributed by atoms with van der Waals surface area (Å²) >= 11 is 0. The van der Waals surface area contributed by atoms with Gasteiger partial charge in [-0.1, -0.05) is 30.0 Å². The van der Waals surface area contributed by atoms with E-state index in [1.807, 2.05) is 24.3 Å². The molecule has 3 nitrogen and oxygen atoms in total. The molecule has 0 amide bonds. The SMILES string of the molecule is NCC#Cc1ccccc1C1OCCO1. The van der Waals surface area contributed by atoms with Crippen LogP contribution in [0.2, 0.25) is 0 Å². The Labute approximate surface area is 89.2 Å². The first-order valence-electron chi connectivity index (χ1n) is 4.93. The molecule has 0 bridgehead atoms. The minimum Gasteiger partial charge on any atom is -0.346 e. The van der Waals surface area contributed by atoms with Crippen molar-refractivity contribution in [3.05, 3.63) is 35.4 Å². The van der Waals surface area contributed by atoms with Gasteiger partial charge in [0.1, 0.15) is 0 Å². The standard InChI is InChI=1S/C12H13NO2/c13-7-3-5-10-4-1-2-6-11(10)12-14-8-9-15-12/h1-2,4,6,12H,7-9,13H2. The molecule has 2 N–H and O–H groups in total. The summed E-state index contributed by atoms with van der Waals surface area (Å²) in [5.74, 6) is 5.85. The van der Waals surface area contributed by atoms with Crippen LogP contribution in [0.3, 0.4) is 0 Å². The summed E-state index contributed by atoms with van der Waals surface area (Å²) in [6, 6.07) is 7.81. The van der Waals surface area contributed by atoms with Crippen molar-refractivity contribution in [1.29, 1.82) is 0 Å². The lowest BCUT2D eigenvalue weighted by Gasteiger charge is -2.10. The van der Waals surface area contributed by atoms with Crippen LogP contribution in [-0.2, 0) is 9.47 Å². The fourth-order valence-corrected chi connectivity index (χ4v) is 1.50. The summed E-state index contributed by atoms with van der Waals surface area (Å²) in [7, 11) is 0. The summed E-state index contributed by atoms with van der Waals surface area (Å²) in [6.07, 6.45) is -0.270. The topological polar surface area (TPSA) is 44.5 Å². The van der Waals surface area contributed by atoms with E-state index in [2.05, 4.69) is 11.8 Å². The van der Waals surface area contributed by atoms with Crippen molar-refractivity contribution in [3.63, 3.8) is 0 Å². The van der Waals surface area contributed by atoms with Gasteiger partial charge >= 0.3 is 0 Å². The predicted molar refractivity (Wildman–Crippen MR) is 57.0 cm³/mol. The van der Waals surface area contributed by atoms with E-state index in [9.17, 15) is 0 Å². The minimum absolute atomic E-state index is 0.270. The first-order valence-corrected chi connectivity index (χ1v) is 4.93. The lowest BCUT2D eigenvalue weighted by molar-refractivity contribution is -0.0442. The zero-order valence-corrected chi connectivity index (χ0v) is 8.40. The molecule has 2 rings (SSSR count). The van der Waals surface area contributed by atoms with Crippen LogP contribution in [0.25, 0.3) is 0 Å². The smallest absolute Gasteiger partial charge is 0.185 e. The van der Waals surface area contributed by atoms with Gasteiger partial charge in [-0.05, 0) is 6.07 Å². The maximum absolute atomic E-state index is 5.44. The molecule has 15 heavy (non-hydrogen) atoms. The molecule has 1 aliphatic heterocycles. The molecular formula is C12H13NO2. The molecule has 1 aliphatic rings. The van der Waals surface area contributed by atoms with Gasteiger partial charge in [-0.25, -0.2) is 0 Å². The van der Waals surface area contributed by atoms with Crippen LogP contribution in [0, 0.1) is 11.8 Å². The molecule has 0 aliphatic carbocycles. The monoisotopic (exact) mass is 203 g/mol. The zero-order chi connectivity index (χ0) is 10.5. The highest BCUT2D eigenvalue weighted by atomic mass is 16.7. The van der Waals surface area contributed by atoms with Gasteiger partial charge in [0.15, 0.2) is 6.29 Å². The van der Waals surface area contributed by atoms with Crippen molar-refractivity contribution in [2.45, 2.75) is 6.29 Å². The van der Waals surface area contributed by atoms with Crippen LogP contribution in [0.1, 0.15) is 17.4 Å². The first-order chi connectivity index (χ1) is 7.42. The zero-order valence-electron chi connectivity index (χ0n) is 8.40. The number of nitrogens with two attached hydrogens (primary N) is 1. The molecule has 78 valence electrons. The van der Waals surface area contributed by atoms with E-state index < -0.39 is 0 Å². The lowest BCUT2D eigenvalue weighted by Crippen LogP contribution is -2.01. The van der Waals surface area contributed by atoms with Crippen molar-refractivity contribution in [2.75, 3.05) is 19.8 Å². The second-order valence-electron chi connectivity index (χ2n) is 3.17. The van der Waals surface area contributed by atoms with E-state index in [4.69, 9.17) is 15.2 Å². The molecule has 1 aromatic rings. The Bertz CT molecular complexity index is 386. The fraction of sp³-hybridized carbons (Fsp3) is 0.333. The van der Waals surface area contributed by atoms with Gasteiger partial charge < -0.3 is 15.2 Å². The van der Waals surface area contributed by atoms with Crippen LogP contribution >= 0.6 is 0 Å². The van der Waals surface area contributed by atoms with E-state index in [0.717, 1.165) is 11.1 Å². The maximum Gasteiger partial charge on any atom is 0.185 e. The normalized spacial score (nSPS) is 16.1.